The van der Waals surface area contributed by atoms with Crippen molar-refractivity contribution in [1.29, 1.82) is 0 Å². The lowest BCUT2D eigenvalue weighted by molar-refractivity contribution is 0.297. The highest BCUT2D eigenvalue weighted by atomic mass is 19.1. The molecule has 5 heteroatoms. The van der Waals surface area contributed by atoms with Gasteiger partial charge in [-0.05, 0) is 24.3 Å². The van der Waals surface area contributed by atoms with Gasteiger partial charge >= 0.3 is 0 Å². The number of anilines is 1. The first-order valence-electron chi connectivity index (χ1n) is 4.42. The van der Waals surface area contributed by atoms with Gasteiger partial charge in [-0.3, -0.25) is 0 Å². The summed E-state index contributed by atoms with van der Waals surface area (Å²) >= 11 is 0. The lowest BCUT2D eigenvalue weighted by atomic mass is 10.3. The van der Waals surface area contributed by atoms with Gasteiger partial charge in [0, 0.05) is 0 Å². The van der Waals surface area contributed by atoms with Gasteiger partial charge in [0.05, 0.1) is 6.20 Å². The zero-order chi connectivity index (χ0) is 10.7. The topological polar surface area (TPSA) is 63.9 Å². The van der Waals surface area contributed by atoms with Crippen molar-refractivity contribution in [2.24, 2.45) is 0 Å². The number of halogens is 1. The Bertz CT molecular complexity index is 438. The molecule has 0 spiro atoms. The Morgan fingerprint density at radius 1 is 1.33 bits per heavy atom. The van der Waals surface area contributed by atoms with Crippen molar-refractivity contribution in [2.45, 2.75) is 6.61 Å². The average Bonchev–Trinajstić information content (AvgIpc) is 2.64. The molecule has 1 aromatic carbocycles. The smallest absolute Gasteiger partial charge is 0.146 e. The second kappa shape index (κ2) is 4.00. The highest BCUT2D eigenvalue weighted by Crippen LogP contribution is 2.12. The molecule has 78 valence electrons. The fourth-order valence-corrected chi connectivity index (χ4v) is 1.13. The standard InChI is InChI=1S/C10H10FN3O/c11-7-1-3-8(4-2-7)15-6-10-13-5-9(12)14-10/h1-5H,6,12H2,(H,13,14). The van der Waals surface area contributed by atoms with E-state index in [9.17, 15) is 4.39 Å². The molecule has 0 saturated heterocycles. The van der Waals surface area contributed by atoms with Gasteiger partial charge in [0.1, 0.15) is 29.8 Å². The van der Waals surface area contributed by atoms with Crippen LogP contribution in [0.15, 0.2) is 30.5 Å². The third-order valence-electron chi connectivity index (χ3n) is 1.84. The minimum Gasteiger partial charge on any atom is -0.486 e. The van der Waals surface area contributed by atoms with E-state index in [0.29, 0.717) is 17.4 Å². The molecule has 0 amide bonds. The second-order valence-corrected chi connectivity index (χ2v) is 3.03. The summed E-state index contributed by atoms with van der Waals surface area (Å²) in [5.74, 6) is 1.43. The van der Waals surface area contributed by atoms with Crippen molar-refractivity contribution in [1.82, 2.24) is 9.97 Å². The van der Waals surface area contributed by atoms with E-state index in [1.54, 1.807) is 12.1 Å². The number of nitrogen functional groups attached to an aromatic ring is 1. The number of imidazole rings is 1. The summed E-state index contributed by atoms with van der Waals surface area (Å²) in [6.07, 6.45) is 1.52. The Morgan fingerprint density at radius 2 is 2.07 bits per heavy atom. The summed E-state index contributed by atoms with van der Waals surface area (Å²) in [4.78, 5) is 6.79. The first kappa shape index (κ1) is 9.51. The van der Waals surface area contributed by atoms with Crippen LogP contribution in [0.25, 0.3) is 0 Å². The zero-order valence-electron chi connectivity index (χ0n) is 7.90. The zero-order valence-corrected chi connectivity index (χ0v) is 7.90. The van der Waals surface area contributed by atoms with Gasteiger partial charge in [-0.15, -0.1) is 0 Å². The molecule has 2 rings (SSSR count). The molecule has 0 bridgehead atoms. The van der Waals surface area contributed by atoms with Crippen LogP contribution in [0.4, 0.5) is 10.2 Å². The average molecular weight is 207 g/mol. The normalized spacial score (nSPS) is 10.2. The molecule has 0 aliphatic rings. The molecule has 0 radical (unpaired) electrons. The number of H-pyrrole nitrogens is 1. The molecule has 15 heavy (non-hydrogen) atoms. The Kier molecular flexibility index (Phi) is 2.53. The first-order chi connectivity index (χ1) is 7.24. The van der Waals surface area contributed by atoms with Crippen molar-refractivity contribution in [2.75, 3.05) is 5.73 Å². The fourth-order valence-electron chi connectivity index (χ4n) is 1.13. The van der Waals surface area contributed by atoms with Gasteiger partial charge in [-0.1, -0.05) is 0 Å². The van der Waals surface area contributed by atoms with E-state index in [1.165, 1.54) is 18.3 Å². The first-order valence-corrected chi connectivity index (χ1v) is 4.42. The second-order valence-electron chi connectivity index (χ2n) is 3.03. The van der Waals surface area contributed by atoms with Gasteiger partial charge in [-0.25, -0.2) is 9.37 Å². The van der Waals surface area contributed by atoms with Crippen molar-refractivity contribution in [3.63, 3.8) is 0 Å². The Hall–Kier alpha value is -2.04. The number of ether oxygens (including phenoxy) is 1. The molecular formula is C10H10FN3O. The summed E-state index contributed by atoms with van der Waals surface area (Å²) in [7, 11) is 0. The van der Waals surface area contributed by atoms with Crippen LogP contribution in [0.3, 0.4) is 0 Å². The van der Waals surface area contributed by atoms with Crippen LogP contribution in [0.5, 0.6) is 5.75 Å². The number of nitrogens with two attached hydrogens (primary N) is 1. The number of nitrogens with zero attached hydrogens (tertiary/aromatic N) is 1. The van der Waals surface area contributed by atoms with Crippen LogP contribution in [0.2, 0.25) is 0 Å². The molecule has 0 fully saturated rings. The fraction of sp³-hybridized carbons (Fsp3) is 0.100. The maximum Gasteiger partial charge on any atom is 0.146 e. The van der Waals surface area contributed by atoms with Crippen LogP contribution >= 0.6 is 0 Å². The molecular weight excluding hydrogens is 197 g/mol. The van der Waals surface area contributed by atoms with E-state index in [0.717, 1.165) is 0 Å². The lowest BCUT2D eigenvalue weighted by Gasteiger charge is -2.03. The quantitative estimate of drug-likeness (QED) is 0.805. The number of aromatic amines is 1. The predicted molar refractivity (Wildman–Crippen MR) is 53.7 cm³/mol. The molecule has 3 N–H and O–H groups in total. The highest BCUT2D eigenvalue weighted by Gasteiger charge is 1.99. The highest BCUT2D eigenvalue weighted by molar-refractivity contribution is 5.25. The van der Waals surface area contributed by atoms with Crippen molar-refractivity contribution >= 4 is 5.82 Å². The van der Waals surface area contributed by atoms with Crippen LogP contribution in [0, 0.1) is 5.82 Å². The van der Waals surface area contributed by atoms with Gasteiger partial charge in [0.15, 0.2) is 0 Å². The van der Waals surface area contributed by atoms with E-state index in [2.05, 4.69) is 9.97 Å². The summed E-state index contributed by atoms with van der Waals surface area (Å²) in [6, 6.07) is 5.79. The largest absolute Gasteiger partial charge is 0.486 e. The Morgan fingerprint density at radius 3 is 2.67 bits per heavy atom. The Labute approximate surface area is 85.9 Å². The Balaban J connectivity index is 1.96. The van der Waals surface area contributed by atoms with Crippen molar-refractivity contribution < 1.29 is 9.13 Å². The van der Waals surface area contributed by atoms with E-state index >= 15 is 0 Å². The van der Waals surface area contributed by atoms with Gasteiger partial charge in [0.2, 0.25) is 0 Å². The lowest BCUT2D eigenvalue weighted by Crippen LogP contribution is -1.97. The third-order valence-corrected chi connectivity index (χ3v) is 1.84. The van der Waals surface area contributed by atoms with Crippen LogP contribution in [-0.4, -0.2) is 9.97 Å². The number of benzene rings is 1. The molecule has 0 unspecified atom stereocenters. The van der Waals surface area contributed by atoms with Crippen LogP contribution < -0.4 is 10.5 Å². The van der Waals surface area contributed by atoms with E-state index in [-0.39, 0.29) is 12.4 Å². The minimum atomic E-state index is -0.287. The SMILES string of the molecule is Nc1cnc(COc2ccc(F)cc2)[nH]1. The van der Waals surface area contributed by atoms with Crippen LogP contribution in [-0.2, 0) is 6.61 Å². The summed E-state index contributed by atoms with van der Waals surface area (Å²) in [6.45, 7) is 0.281. The molecule has 0 atom stereocenters. The molecule has 0 aliphatic carbocycles. The van der Waals surface area contributed by atoms with Crippen molar-refractivity contribution in [3.05, 3.63) is 42.1 Å². The maximum atomic E-state index is 12.6. The number of aromatic nitrogens is 2. The molecule has 2 aromatic rings. The maximum absolute atomic E-state index is 12.6. The van der Waals surface area contributed by atoms with E-state index < -0.39 is 0 Å². The number of nitrogens with one attached hydrogen (secondary N) is 1. The molecule has 0 aliphatic heterocycles. The van der Waals surface area contributed by atoms with Gasteiger partial charge in [-0.2, -0.15) is 0 Å². The molecule has 0 saturated carbocycles. The monoisotopic (exact) mass is 207 g/mol. The number of hydrogen-bond donors (Lipinski definition) is 2. The summed E-state index contributed by atoms with van der Waals surface area (Å²) in [5, 5.41) is 0. The molecule has 1 aromatic heterocycles. The predicted octanol–water partition coefficient (Wildman–Crippen LogP) is 1.71. The summed E-state index contributed by atoms with van der Waals surface area (Å²) < 4.78 is 17.9. The molecule has 1 heterocycles. The van der Waals surface area contributed by atoms with Gasteiger partial charge in [0.25, 0.3) is 0 Å². The number of rotatable bonds is 3. The number of hydrogen-bond acceptors (Lipinski definition) is 3. The van der Waals surface area contributed by atoms with E-state index in [4.69, 9.17) is 10.5 Å². The summed E-state index contributed by atoms with van der Waals surface area (Å²) in [5.41, 5.74) is 5.44. The van der Waals surface area contributed by atoms with E-state index in [1.807, 2.05) is 0 Å². The third kappa shape index (κ3) is 2.46. The molecule has 4 nitrogen and oxygen atoms in total. The van der Waals surface area contributed by atoms with Gasteiger partial charge < -0.3 is 15.5 Å². The van der Waals surface area contributed by atoms with Crippen LogP contribution in [0.1, 0.15) is 5.82 Å². The van der Waals surface area contributed by atoms with Crippen molar-refractivity contribution in [3.8, 4) is 5.75 Å². The minimum absolute atomic E-state index is 0.281.